The minimum absolute atomic E-state index is 0.812. The van der Waals surface area contributed by atoms with Crippen molar-refractivity contribution < 1.29 is 0 Å². The molecule has 0 unspecified atom stereocenters. The molecule has 0 spiro atoms. The first kappa shape index (κ1) is 29.5. The van der Waals surface area contributed by atoms with E-state index in [4.69, 9.17) is 15.1 Å². The highest BCUT2D eigenvalue weighted by atomic mass is 15.3. The average molecular weight is 675 g/mol. The Hall–Kier alpha value is -7.17. The zero-order valence-electron chi connectivity index (χ0n) is 28.6. The first-order chi connectivity index (χ1) is 26.3. The van der Waals surface area contributed by atoms with E-state index in [0.29, 0.717) is 0 Å². The number of pyridine rings is 1. The summed E-state index contributed by atoms with van der Waals surface area (Å²) in [4.78, 5) is 10.5. The number of fused-ring (bicyclic) bond motifs is 11. The molecule has 3 heterocycles. The summed E-state index contributed by atoms with van der Waals surface area (Å²) in [5, 5.41) is 14.7. The van der Waals surface area contributed by atoms with Gasteiger partial charge in [-0.2, -0.15) is 5.10 Å². The van der Waals surface area contributed by atoms with E-state index in [1.807, 2.05) is 28.8 Å². The van der Waals surface area contributed by atoms with Crippen LogP contribution in [0.5, 0.6) is 0 Å². The molecule has 11 aromatic rings. The Balaban J connectivity index is 1.07. The summed E-state index contributed by atoms with van der Waals surface area (Å²) >= 11 is 0. The molecule has 11 rings (SSSR count). The van der Waals surface area contributed by atoms with Crippen LogP contribution in [0.4, 0.5) is 0 Å². The second kappa shape index (κ2) is 11.7. The molecule has 0 fully saturated rings. The summed E-state index contributed by atoms with van der Waals surface area (Å²) in [5.74, 6) is 0.812. The van der Waals surface area contributed by atoms with Gasteiger partial charge in [0.1, 0.15) is 0 Å². The zero-order chi connectivity index (χ0) is 34.9. The van der Waals surface area contributed by atoms with Gasteiger partial charge in [-0.05, 0) is 56.9 Å². The highest BCUT2D eigenvalue weighted by Gasteiger charge is 2.18. The van der Waals surface area contributed by atoms with Crippen LogP contribution in [-0.2, 0) is 0 Å². The number of nitrogens with zero attached hydrogens (tertiary/aromatic N) is 4. The molecular formula is C49H30N4. The maximum atomic E-state index is 5.38. The van der Waals surface area contributed by atoms with E-state index in [1.54, 1.807) is 0 Å². The van der Waals surface area contributed by atoms with Gasteiger partial charge in [0.05, 0.1) is 27.9 Å². The zero-order valence-corrected chi connectivity index (χ0v) is 28.6. The van der Waals surface area contributed by atoms with Crippen LogP contribution in [-0.4, -0.2) is 19.6 Å². The van der Waals surface area contributed by atoms with Crippen molar-refractivity contribution >= 4 is 59.6 Å². The SMILES string of the molecule is c1ccc(-c2cc3c4ccccc4nc(-c4ccc(-c5cccc(-c6nc7ccccc7c7c8ccccc8c8ccccc8c67)c5)cc4)n3n2)cc1. The van der Waals surface area contributed by atoms with E-state index in [2.05, 4.69) is 158 Å². The number of aromatic nitrogens is 4. The molecule has 53 heavy (non-hydrogen) atoms. The van der Waals surface area contributed by atoms with E-state index in [9.17, 15) is 0 Å². The molecule has 0 saturated heterocycles. The molecule has 0 saturated carbocycles. The molecule has 8 aromatic carbocycles. The standard InChI is InChI=1S/C49H30N4/c1-2-13-32(14-3-1)44-30-45-40-21-8-10-23-42(40)51-49(53(45)52-44)33-27-25-31(26-28-33)34-15-12-16-35(29-34)48-47-39-20-7-5-18-37(39)36-17-4-6-19-38(36)46(47)41-22-9-11-24-43(41)50-48/h1-30H. The molecule has 246 valence electrons. The third-order valence-electron chi connectivity index (χ3n) is 10.6. The van der Waals surface area contributed by atoms with Gasteiger partial charge in [0.15, 0.2) is 5.82 Å². The van der Waals surface area contributed by atoms with E-state index >= 15 is 0 Å². The number of benzene rings is 8. The molecule has 4 heteroatoms. The molecular weight excluding hydrogens is 645 g/mol. The molecule has 0 bridgehead atoms. The highest BCUT2D eigenvalue weighted by Crippen LogP contribution is 2.43. The van der Waals surface area contributed by atoms with Crippen LogP contribution in [0.15, 0.2) is 182 Å². The third-order valence-corrected chi connectivity index (χ3v) is 10.6. The van der Waals surface area contributed by atoms with Gasteiger partial charge >= 0.3 is 0 Å². The summed E-state index contributed by atoms with van der Waals surface area (Å²) in [7, 11) is 0. The van der Waals surface area contributed by atoms with Crippen LogP contribution >= 0.6 is 0 Å². The monoisotopic (exact) mass is 674 g/mol. The fourth-order valence-corrected chi connectivity index (χ4v) is 8.11. The molecule has 0 aliphatic heterocycles. The van der Waals surface area contributed by atoms with E-state index in [-0.39, 0.29) is 0 Å². The molecule has 0 aliphatic rings. The largest absolute Gasteiger partial charge is 0.247 e. The second-order valence-electron chi connectivity index (χ2n) is 13.6. The molecule has 3 aromatic heterocycles. The summed E-state index contributed by atoms with van der Waals surface area (Å²) in [5.41, 5.74) is 10.3. The lowest BCUT2D eigenvalue weighted by molar-refractivity contribution is 0.949. The Labute approximate surface area is 305 Å². The van der Waals surface area contributed by atoms with E-state index in [0.717, 1.165) is 67.0 Å². The fourth-order valence-electron chi connectivity index (χ4n) is 8.11. The highest BCUT2D eigenvalue weighted by molar-refractivity contribution is 6.33. The number of hydrogen-bond donors (Lipinski definition) is 0. The molecule has 0 amide bonds. The minimum atomic E-state index is 0.812. The maximum Gasteiger partial charge on any atom is 0.161 e. The van der Waals surface area contributed by atoms with Crippen LogP contribution in [0.25, 0.3) is 105 Å². The first-order valence-electron chi connectivity index (χ1n) is 18.0. The van der Waals surface area contributed by atoms with Gasteiger partial charge in [-0.1, -0.05) is 158 Å². The van der Waals surface area contributed by atoms with Gasteiger partial charge in [0.25, 0.3) is 0 Å². The summed E-state index contributed by atoms with van der Waals surface area (Å²) < 4.78 is 1.99. The van der Waals surface area contributed by atoms with Crippen LogP contribution in [0, 0.1) is 0 Å². The van der Waals surface area contributed by atoms with Gasteiger partial charge in [0.2, 0.25) is 0 Å². The fraction of sp³-hybridized carbons (Fsp3) is 0. The van der Waals surface area contributed by atoms with Crippen molar-refractivity contribution in [3.8, 4) is 45.0 Å². The van der Waals surface area contributed by atoms with Crippen molar-refractivity contribution in [3.63, 3.8) is 0 Å². The van der Waals surface area contributed by atoms with Crippen LogP contribution in [0.2, 0.25) is 0 Å². The lowest BCUT2D eigenvalue weighted by Gasteiger charge is -2.16. The van der Waals surface area contributed by atoms with Crippen LogP contribution in [0.3, 0.4) is 0 Å². The summed E-state index contributed by atoms with van der Waals surface area (Å²) in [6.45, 7) is 0. The van der Waals surface area contributed by atoms with Gasteiger partial charge in [0, 0.05) is 38.2 Å². The summed E-state index contributed by atoms with van der Waals surface area (Å²) in [6.07, 6.45) is 0. The summed E-state index contributed by atoms with van der Waals surface area (Å²) in [6, 6.07) is 64.3. The van der Waals surface area contributed by atoms with Gasteiger partial charge in [-0.25, -0.2) is 14.5 Å². The Bertz CT molecular complexity index is 3220. The van der Waals surface area contributed by atoms with Crippen molar-refractivity contribution in [2.75, 3.05) is 0 Å². The molecule has 0 radical (unpaired) electrons. The van der Waals surface area contributed by atoms with Crippen molar-refractivity contribution in [2.24, 2.45) is 0 Å². The Morgan fingerprint density at radius 2 is 0.887 bits per heavy atom. The van der Waals surface area contributed by atoms with Gasteiger partial charge < -0.3 is 0 Å². The molecule has 0 atom stereocenters. The van der Waals surface area contributed by atoms with E-state index < -0.39 is 0 Å². The average Bonchev–Trinajstić information content (AvgIpc) is 3.70. The number of para-hydroxylation sites is 2. The van der Waals surface area contributed by atoms with E-state index in [1.165, 1.54) is 37.7 Å². The lowest BCUT2D eigenvalue weighted by atomic mass is 9.89. The Morgan fingerprint density at radius 1 is 0.340 bits per heavy atom. The first-order valence-corrected chi connectivity index (χ1v) is 18.0. The third kappa shape index (κ3) is 4.66. The maximum absolute atomic E-state index is 5.38. The molecule has 4 nitrogen and oxygen atoms in total. The van der Waals surface area contributed by atoms with Gasteiger partial charge in [-0.15, -0.1) is 0 Å². The smallest absolute Gasteiger partial charge is 0.161 e. The number of hydrogen-bond acceptors (Lipinski definition) is 3. The van der Waals surface area contributed by atoms with Crippen LogP contribution < -0.4 is 0 Å². The van der Waals surface area contributed by atoms with Gasteiger partial charge in [-0.3, -0.25) is 0 Å². The Morgan fingerprint density at radius 3 is 1.62 bits per heavy atom. The normalized spacial score (nSPS) is 11.8. The molecule has 0 aliphatic carbocycles. The van der Waals surface area contributed by atoms with Crippen molar-refractivity contribution in [2.45, 2.75) is 0 Å². The number of rotatable bonds is 4. The van der Waals surface area contributed by atoms with Crippen molar-refractivity contribution in [1.29, 1.82) is 0 Å². The topological polar surface area (TPSA) is 43.1 Å². The van der Waals surface area contributed by atoms with Crippen molar-refractivity contribution in [3.05, 3.63) is 182 Å². The second-order valence-corrected chi connectivity index (χ2v) is 13.6. The lowest BCUT2D eigenvalue weighted by Crippen LogP contribution is -1.99. The minimum Gasteiger partial charge on any atom is -0.247 e. The van der Waals surface area contributed by atoms with Crippen LogP contribution in [0.1, 0.15) is 0 Å². The quantitative estimate of drug-likeness (QED) is 0.175. The van der Waals surface area contributed by atoms with Crippen molar-refractivity contribution in [1.82, 2.24) is 19.6 Å². The predicted molar refractivity (Wildman–Crippen MR) is 220 cm³/mol. The molecule has 0 N–H and O–H groups in total. The Kier molecular flexibility index (Phi) is 6.52. The predicted octanol–water partition coefficient (Wildman–Crippen LogP) is 12.6.